The van der Waals surface area contributed by atoms with Gasteiger partial charge in [0.1, 0.15) is 12.4 Å². The van der Waals surface area contributed by atoms with E-state index in [1.807, 2.05) is 0 Å². The zero-order valence-corrected chi connectivity index (χ0v) is 18.4. The van der Waals surface area contributed by atoms with Crippen LogP contribution in [0.25, 0.3) is 10.9 Å². The maximum atomic E-state index is 13.5. The van der Waals surface area contributed by atoms with Gasteiger partial charge in [-0.2, -0.15) is 0 Å². The van der Waals surface area contributed by atoms with Gasteiger partial charge < -0.3 is 9.64 Å². The third-order valence-electron chi connectivity index (χ3n) is 5.78. The Morgan fingerprint density at radius 3 is 2.42 bits per heavy atom. The molecule has 0 atom stereocenters. The number of hydrogen-bond donors (Lipinski definition) is 0. The summed E-state index contributed by atoms with van der Waals surface area (Å²) in [6.07, 6.45) is -0.766. The van der Waals surface area contributed by atoms with Crippen molar-refractivity contribution in [3.63, 3.8) is 0 Å². The van der Waals surface area contributed by atoms with Crippen molar-refractivity contribution in [3.05, 3.63) is 73.9 Å². The molecule has 0 spiro atoms. The Labute approximate surface area is 192 Å². The first-order valence-corrected chi connectivity index (χ1v) is 10.9. The van der Waals surface area contributed by atoms with Crippen molar-refractivity contribution < 1.29 is 18.3 Å². The molecule has 3 aromatic rings. The molecule has 1 saturated heterocycles. The van der Waals surface area contributed by atoms with E-state index in [9.17, 15) is 23.2 Å². The van der Waals surface area contributed by atoms with E-state index in [1.54, 1.807) is 39.8 Å². The van der Waals surface area contributed by atoms with Crippen molar-refractivity contribution in [2.75, 3.05) is 19.7 Å². The summed E-state index contributed by atoms with van der Waals surface area (Å²) in [6, 6.07) is 11.0. The van der Waals surface area contributed by atoms with Gasteiger partial charge in [0.15, 0.2) is 0 Å². The number of halogens is 3. The zero-order chi connectivity index (χ0) is 23.5. The lowest BCUT2D eigenvalue weighted by Gasteiger charge is -2.31. The number of rotatable bonds is 7. The number of likely N-dealkylation sites (tertiary alicyclic amines) is 1. The second kappa shape index (κ2) is 9.74. The zero-order valence-electron chi connectivity index (χ0n) is 17.6. The summed E-state index contributed by atoms with van der Waals surface area (Å²) in [5.41, 5.74) is 0.124. The van der Waals surface area contributed by atoms with Gasteiger partial charge in [-0.05, 0) is 48.7 Å². The average molecular weight is 478 g/mol. The van der Waals surface area contributed by atoms with E-state index in [1.165, 1.54) is 12.1 Å². The molecule has 0 N–H and O–H groups in total. The number of carbonyl (C=O) groups is 1. The lowest BCUT2D eigenvalue weighted by atomic mass is 10.0. The summed E-state index contributed by atoms with van der Waals surface area (Å²) < 4.78 is 33.0. The number of fused-ring (bicyclic) bond motifs is 1. The highest BCUT2D eigenvalue weighted by molar-refractivity contribution is 6.30. The Hall–Kier alpha value is -3.20. The summed E-state index contributed by atoms with van der Waals surface area (Å²) in [7, 11) is 0. The van der Waals surface area contributed by atoms with E-state index < -0.39 is 24.3 Å². The number of hydrogen-bond acceptors (Lipinski definition) is 4. The van der Waals surface area contributed by atoms with E-state index in [4.69, 9.17) is 16.3 Å². The first-order valence-electron chi connectivity index (χ1n) is 10.5. The third-order valence-corrected chi connectivity index (χ3v) is 6.04. The van der Waals surface area contributed by atoms with Crippen molar-refractivity contribution in [2.45, 2.75) is 31.9 Å². The van der Waals surface area contributed by atoms with Gasteiger partial charge >= 0.3 is 5.69 Å². The van der Waals surface area contributed by atoms with Crippen LogP contribution in [0.15, 0.2) is 52.1 Å². The molecule has 0 aliphatic carbocycles. The van der Waals surface area contributed by atoms with Crippen molar-refractivity contribution in [1.29, 1.82) is 0 Å². The second-order valence-corrected chi connectivity index (χ2v) is 8.36. The lowest BCUT2D eigenvalue weighted by molar-refractivity contribution is -0.119. The molecule has 174 valence electrons. The molecule has 2 heterocycles. The van der Waals surface area contributed by atoms with Crippen LogP contribution < -0.4 is 16.0 Å². The summed E-state index contributed by atoms with van der Waals surface area (Å²) >= 11 is 5.94. The minimum absolute atomic E-state index is 0.0279. The third kappa shape index (κ3) is 4.93. The van der Waals surface area contributed by atoms with Crippen LogP contribution in [-0.4, -0.2) is 46.6 Å². The number of piperidine rings is 1. The van der Waals surface area contributed by atoms with Gasteiger partial charge in [-0.25, -0.2) is 13.6 Å². The summed E-state index contributed by atoms with van der Waals surface area (Å²) in [6.45, 7) is 0.219. The maximum Gasteiger partial charge on any atom is 0.332 e. The molecule has 1 aliphatic heterocycles. The van der Waals surface area contributed by atoms with Crippen LogP contribution in [0.3, 0.4) is 0 Å². The molecule has 33 heavy (non-hydrogen) atoms. The quantitative estimate of drug-likeness (QED) is 0.489. The molecule has 4 rings (SSSR count). The van der Waals surface area contributed by atoms with Crippen LogP contribution in [0, 0.1) is 0 Å². The smallest absolute Gasteiger partial charge is 0.332 e. The average Bonchev–Trinajstić information content (AvgIpc) is 2.82. The largest absolute Gasteiger partial charge is 0.488 e. The highest BCUT2D eigenvalue weighted by Gasteiger charge is 2.24. The highest BCUT2D eigenvalue weighted by atomic mass is 35.5. The van der Waals surface area contributed by atoms with Gasteiger partial charge in [0.2, 0.25) is 6.41 Å². The SMILES string of the molecule is O=CN1CCC(n2c(=O)n(Cc3ccc(Cl)cc3)c(=O)c3cc(OCC(F)F)ccc32)CC1. The Kier molecular flexibility index (Phi) is 6.78. The molecule has 1 aromatic heterocycles. The van der Waals surface area contributed by atoms with Gasteiger partial charge in [0.25, 0.3) is 12.0 Å². The van der Waals surface area contributed by atoms with Crippen LogP contribution in [-0.2, 0) is 11.3 Å². The molecule has 0 radical (unpaired) electrons. The number of ether oxygens (including phenoxy) is 1. The number of benzene rings is 2. The number of nitrogens with zero attached hydrogens (tertiary/aromatic N) is 3. The minimum atomic E-state index is -2.65. The summed E-state index contributed by atoms with van der Waals surface area (Å²) in [5, 5.41) is 0.734. The van der Waals surface area contributed by atoms with E-state index in [0.717, 1.165) is 11.0 Å². The van der Waals surface area contributed by atoms with Gasteiger partial charge in [0, 0.05) is 24.2 Å². The first kappa shape index (κ1) is 23.0. The number of aromatic nitrogens is 2. The monoisotopic (exact) mass is 477 g/mol. The molecule has 1 amide bonds. The fraction of sp³-hybridized carbons (Fsp3) is 0.348. The van der Waals surface area contributed by atoms with Crippen LogP contribution in [0.1, 0.15) is 24.4 Å². The Bertz CT molecular complexity index is 1270. The van der Waals surface area contributed by atoms with E-state index in [2.05, 4.69) is 0 Å². The molecule has 10 heteroatoms. The summed E-state index contributed by atoms with van der Waals surface area (Å²) in [4.78, 5) is 39.6. The van der Waals surface area contributed by atoms with Crippen molar-refractivity contribution >= 4 is 28.9 Å². The predicted molar refractivity (Wildman–Crippen MR) is 120 cm³/mol. The Morgan fingerprint density at radius 1 is 1.09 bits per heavy atom. The molecule has 1 fully saturated rings. The second-order valence-electron chi connectivity index (χ2n) is 7.92. The van der Waals surface area contributed by atoms with Crippen molar-refractivity contribution in [3.8, 4) is 5.75 Å². The van der Waals surface area contributed by atoms with E-state index in [0.29, 0.717) is 42.0 Å². The molecule has 7 nitrogen and oxygen atoms in total. The van der Waals surface area contributed by atoms with Crippen LogP contribution >= 0.6 is 11.6 Å². The van der Waals surface area contributed by atoms with Crippen molar-refractivity contribution in [1.82, 2.24) is 14.0 Å². The van der Waals surface area contributed by atoms with Crippen LogP contribution in [0.4, 0.5) is 8.78 Å². The molecular weight excluding hydrogens is 456 g/mol. The molecule has 1 aliphatic rings. The molecule has 0 bridgehead atoms. The van der Waals surface area contributed by atoms with Crippen LogP contribution in [0.2, 0.25) is 5.02 Å². The molecule has 0 saturated carbocycles. The van der Waals surface area contributed by atoms with Gasteiger partial charge in [-0.3, -0.25) is 18.7 Å². The van der Waals surface area contributed by atoms with Crippen LogP contribution in [0.5, 0.6) is 5.75 Å². The van der Waals surface area contributed by atoms with Crippen molar-refractivity contribution in [2.24, 2.45) is 0 Å². The molecule has 2 aromatic carbocycles. The maximum absolute atomic E-state index is 13.5. The fourth-order valence-electron chi connectivity index (χ4n) is 4.13. The summed E-state index contributed by atoms with van der Waals surface area (Å²) in [5.74, 6) is 0.124. The van der Waals surface area contributed by atoms with Gasteiger partial charge in [0.05, 0.1) is 17.4 Å². The minimum Gasteiger partial charge on any atom is -0.488 e. The van der Waals surface area contributed by atoms with E-state index in [-0.39, 0.29) is 23.7 Å². The van der Waals surface area contributed by atoms with Gasteiger partial charge in [-0.1, -0.05) is 23.7 Å². The first-order chi connectivity index (χ1) is 15.9. The Morgan fingerprint density at radius 2 is 1.79 bits per heavy atom. The normalized spacial score (nSPS) is 14.7. The fourth-order valence-corrected chi connectivity index (χ4v) is 4.25. The molecular formula is C23H22ClF2N3O4. The lowest BCUT2D eigenvalue weighted by Crippen LogP contribution is -2.44. The van der Waals surface area contributed by atoms with Gasteiger partial charge in [-0.15, -0.1) is 0 Å². The number of amides is 1. The highest BCUT2D eigenvalue weighted by Crippen LogP contribution is 2.26. The van der Waals surface area contributed by atoms with E-state index >= 15 is 0 Å². The topological polar surface area (TPSA) is 73.5 Å². The number of carbonyl (C=O) groups excluding carboxylic acids is 1. The number of alkyl halides is 2. The predicted octanol–water partition coefficient (Wildman–Crippen LogP) is 3.30. The Balaban J connectivity index is 1.84. The molecule has 0 unspecified atom stereocenters. The standard InChI is InChI=1S/C23H22ClF2N3O4/c24-16-3-1-15(2-4-16)12-28-22(31)19-11-18(33-13-21(25)26)5-6-20(19)29(23(28)32)17-7-9-27(14-30)10-8-17/h1-6,11,14,17,21H,7-10,12-13H2.